The van der Waals surface area contributed by atoms with E-state index in [1.807, 2.05) is 24.8 Å². The molecule has 2 saturated heterocycles. The van der Waals surface area contributed by atoms with Crippen molar-refractivity contribution >= 4 is 11.8 Å². The highest BCUT2D eigenvalue weighted by Gasteiger charge is 2.42. The third kappa shape index (κ3) is 5.31. The maximum Gasteiger partial charge on any atom is 0.225 e. The smallest absolute Gasteiger partial charge is 0.225 e. The molecule has 3 atom stereocenters. The van der Waals surface area contributed by atoms with Gasteiger partial charge in [0, 0.05) is 56.2 Å². The van der Waals surface area contributed by atoms with Gasteiger partial charge in [-0.25, -0.2) is 9.37 Å². The van der Waals surface area contributed by atoms with Gasteiger partial charge in [0.05, 0.1) is 18.3 Å². The lowest BCUT2D eigenvalue weighted by atomic mass is 9.94. The number of aromatic nitrogens is 2. The number of rotatable bonds is 7. The van der Waals surface area contributed by atoms with E-state index in [1.165, 1.54) is 37.6 Å². The number of piperidine rings is 1. The first kappa shape index (κ1) is 25.9. The Labute approximate surface area is 219 Å². The summed E-state index contributed by atoms with van der Waals surface area (Å²) in [5.41, 5.74) is 3.21. The fourth-order valence-electron chi connectivity index (χ4n) is 6.97. The predicted octanol–water partition coefficient (Wildman–Crippen LogP) is 4.31. The Kier molecular flexibility index (Phi) is 7.39. The van der Waals surface area contributed by atoms with Gasteiger partial charge in [0.25, 0.3) is 0 Å². The molecule has 2 bridgehead atoms. The summed E-state index contributed by atoms with van der Waals surface area (Å²) in [6.07, 6.45) is 6.21. The molecule has 7 nitrogen and oxygen atoms in total. The summed E-state index contributed by atoms with van der Waals surface area (Å²) in [5.74, 6) is 0.920. The first-order valence-electron chi connectivity index (χ1n) is 13.8. The van der Waals surface area contributed by atoms with E-state index in [2.05, 4.69) is 21.7 Å². The minimum Gasteiger partial charge on any atom is -0.349 e. The number of amides is 2. The Morgan fingerprint density at radius 3 is 2.54 bits per heavy atom. The van der Waals surface area contributed by atoms with Crippen molar-refractivity contribution in [2.45, 2.75) is 96.9 Å². The zero-order chi connectivity index (χ0) is 26.3. The molecule has 3 aliphatic heterocycles. The van der Waals surface area contributed by atoms with Gasteiger partial charge in [-0.2, -0.15) is 0 Å². The molecule has 8 heteroatoms. The van der Waals surface area contributed by atoms with Crippen LogP contribution in [0.3, 0.4) is 0 Å². The average molecular weight is 510 g/mol. The van der Waals surface area contributed by atoms with Gasteiger partial charge >= 0.3 is 0 Å². The molecule has 200 valence electrons. The number of nitrogens with one attached hydrogen (secondary N) is 1. The van der Waals surface area contributed by atoms with Gasteiger partial charge < -0.3 is 14.8 Å². The van der Waals surface area contributed by atoms with Gasteiger partial charge in [-0.1, -0.05) is 26.0 Å². The van der Waals surface area contributed by atoms with Crippen molar-refractivity contribution in [3.05, 3.63) is 52.9 Å². The minimum absolute atomic E-state index is 0.0100. The second-order valence-electron chi connectivity index (χ2n) is 11.4. The summed E-state index contributed by atoms with van der Waals surface area (Å²) in [6, 6.07) is 7.84. The Balaban J connectivity index is 1.27. The highest BCUT2D eigenvalue weighted by molar-refractivity contribution is 5.78. The lowest BCUT2D eigenvalue weighted by Crippen LogP contribution is -2.45. The lowest BCUT2D eigenvalue weighted by Gasteiger charge is -2.41. The Morgan fingerprint density at radius 2 is 1.89 bits per heavy atom. The van der Waals surface area contributed by atoms with Crippen molar-refractivity contribution in [3.63, 3.8) is 0 Å². The molecule has 4 heterocycles. The van der Waals surface area contributed by atoms with E-state index in [1.54, 1.807) is 6.07 Å². The summed E-state index contributed by atoms with van der Waals surface area (Å²) in [6.45, 7) is 9.83. The van der Waals surface area contributed by atoms with Crippen LogP contribution in [0, 0.1) is 18.7 Å². The molecule has 37 heavy (non-hydrogen) atoms. The van der Waals surface area contributed by atoms with Crippen LogP contribution in [0.1, 0.15) is 87.7 Å². The normalized spacial score (nSPS) is 24.3. The Hall–Kier alpha value is -2.74. The number of carbonyl (C=O) groups is 2. The van der Waals surface area contributed by atoms with Gasteiger partial charge in [0.2, 0.25) is 11.8 Å². The third-order valence-electron chi connectivity index (χ3n) is 8.56. The molecule has 0 saturated carbocycles. The number of hydrogen-bond acceptors (Lipinski definition) is 4. The quantitative estimate of drug-likeness (QED) is 0.604. The zero-order valence-electron chi connectivity index (χ0n) is 22.5. The van der Waals surface area contributed by atoms with E-state index < -0.39 is 0 Å². The fraction of sp³-hybridized carbons (Fsp3) is 0.621. The van der Waals surface area contributed by atoms with E-state index in [0.29, 0.717) is 24.7 Å². The zero-order valence-corrected chi connectivity index (χ0v) is 22.5. The number of halogens is 1. The molecule has 1 unspecified atom stereocenters. The molecule has 2 fully saturated rings. The number of benzene rings is 1. The van der Waals surface area contributed by atoms with E-state index >= 15 is 0 Å². The summed E-state index contributed by atoms with van der Waals surface area (Å²) < 4.78 is 16.4. The van der Waals surface area contributed by atoms with Gasteiger partial charge in [-0.05, 0) is 56.7 Å². The number of fused-ring (bicyclic) bond motifs is 3. The molecular formula is C29H40FN5O2. The van der Waals surface area contributed by atoms with Crippen molar-refractivity contribution in [3.8, 4) is 0 Å². The first-order chi connectivity index (χ1) is 17.7. The van der Waals surface area contributed by atoms with Crippen LogP contribution < -0.4 is 5.32 Å². The van der Waals surface area contributed by atoms with Gasteiger partial charge in [0.15, 0.2) is 0 Å². The van der Waals surface area contributed by atoms with Gasteiger partial charge in [0.1, 0.15) is 11.6 Å². The maximum atomic E-state index is 13.9. The summed E-state index contributed by atoms with van der Waals surface area (Å²) in [7, 11) is 0. The Morgan fingerprint density at radius 1 is 1.16 bits per heavy atom. The van der Waals surface area contributed by atoms with E-state index in [4.69, 9.17) is 4.98 Å². The topological polar surface area (TPSA) is 70.5 Å². The average Bonchev–Trinajstić information content (AvgIpc) is 3.30. The van der Waals surface area contributed by atoms with Crippen LogP contribution >= 0.6 is 0 Å². The Bertz CT molecular complexity index is 1150. The minimum atomic E-state index is -0.274. The van der Waals surface area contributed by atoms with Crippen LogP contribution in [0.5, 0.6) is 0 Å². The number of nitrogens with zero attached hydrogens (tertiary/aromatic N) is 4. The van der Waals surface area contributed by atoms with E-state index in [9.17, 15) is 14.0 Å². The van der Waals surface area contributed by atoms with Crippen LogP contribution in [0.2, 0.25) is 0 Å². The summed E-state index contributed by atoms with van der Waals surface area (Å²) >= 11 is 0. The van der Waals surface area contributed by atoms with Crippen molar-refractivity contribution in [1.82, 2.24) is 24.7 Å². The highest BCUT2D eigenvalue weighted by Crippen LogP contribution is 2.43. The number of aryl methyl sites for hydroxylation is 1. The monoisotopic (exact) mass is 509 g/mol. The third-order valence-corrected chi connectivity index (χ3v) is 8.56. The standard InChI is InChI=1S/C29H40FN5O2/c1-18(2)29(37)33-12-11-28-27(17-33)31-19(3)35(28)25-15-23-8-9-24(16-25)34(23)13-10-26(32-20(4)36)21-6-5-7-22(30)14-21/h5-7,14,18,23-26H,8-13,15-17H2,1-4H3,(H,32,36)/t23-,24-,26?/m0/s1. The van der Waals surface area contributed by atoms with Gasteiger partial charge in [-0.15, -0.1) is 0 Å². The summed E-state index contributed by atoms with van der Waals surface area (Å²) in [4.78, 5) is 33.9. The number of hydrogen-bond donors (Lipinski definition) is 1. The molecule has 0 radical (unpaired) electrons. The second-order valence-corrected chi connectivity index (χ2v) is 11.4. The lowest BCUT2D eigenvalue weighted by molar-refractivity contribution is -0.135. The molecule has 2 aromatic rings. The van der Waals surface area contributed by atoms with Crippen LogP contribution in [0.4, 0.5) is 4.39 Å². The maximum absolute atomic E-state index is 13.9. The number of carbonyl (C=O) groups excluding carboxylic acids is 2. The number of imidazole rings is 1. The fourth-order valence-corrected chi connectivity index (χ4v) is 6.97. The van der Waals surface area contributed by atoms with Gasteiger partial charge in [-0.3, -0.25) is 14.5 Å². The van der Waals surface area contributed by atoms with Crippen LogP contribution in [0.15, 0.2) is 24.3 Å². The molecule has 3 aliphatic rings. The molecule has 5 rings (SSSR count). The second kappa shape index (κ2) is 10.6. The predicted molar refractivity (Wildman–Crippen MR) is 140 cm³/mol. The molecule has 1 N–H and O–H groups in total. The highest BCUT2D eigenvalue weighted by atomic mass is 19.1. The van der Waals surface area contributed by atoms with Crippen LogP contribution in [0.25, 0.3) is 0 Å². The van der Waals surface area contributed by atoms with E-state index in [0.717, 1.165) is 55.9 Å². The van der Waals surface area contributed by atoms with Crippen LogP contribution in [-0.2, 0) is 22.6 Å². The van der Waals surface area contributed by atoms with Crippen molar-refractivity contribution < 1.29 is 14.0 Å². The molecule has 1 aromatic heterocycles. The molecule has 1 aromatic carbocycles. The molecule has 0 aliphatic carbocycles. The molecular weight excluding hydrogens is 469 g/mol. The SMILES string of the molecule is CC(=O)NC(CCN1[C@H]2CC[C@H]1CC(n1c(C)nc3c1CCN(C(=O)C(C)C)C3)C2)c1cccc(F)c1. The largest absolute Gasteiger partial charge is 0.349 e. The van der Waals surface area contributed by atoms with Crippen molar-refractivity contribution in [1.29, 1.82) is 0 Å². The van der Waals surface area contributed by atoms with Crippen molar-refractivity contribution in [2.75, 3.05) is 13.1 Å². The van der Waals surface area contributed by atoms with Crippen molar-refractivity contribution in [2.24, 2.45) is 5.92 Å². The summed E-state index contributed by atoms with van der Waals surface area (Å²) in [5, 5.41) is 3.03. The first-order valence-corrected chi connectivity index (χ1v) is 13.8. The van der Waals surface area contributed by atoms with Crippen LogP contribution in [-0.4, -0.2) is 56.3 Å². The molecule has 2 amide bonds. The molecule has 0 spiro atoms. The van der Waals surface area contributed by atoms with E-state index in [-0.39, 0.29) is 29.6 Å².